The van der Waals surface area contributed by atoms with Gasteiger partial charge in [0.05, 0.1) is 7.11 Å². The van der Waals surface area contributed by atoms with Gasteiger partial charge < -0.3 is 4.74 Å². The van der Waals surface area contributed by atoms with E-state index in [0.29, 0.717) is 0 Å². The van der Waals surface area contributed by atoms with Crippen molar-refractivity contribution in [3.63, 3.8) is 0 Å². The van der Waals surface area contributed by atoms with E-state index in [4.69, 9.17) is 0 Å². The van der Waals surface area contributed by atoms with E-state index in [1.54, 1.807) is 4.74 Å². The first-order chi connectivity index (χ1) is 9.50. The smallest absolute Gasteiger partial charge is 0.458 e. The summed E-state index contributed by atoms with van der Waals surface area (Å²) < 4.78 is 141. The molecular formula is C7H3F11O4. The Morgan fingerprint density at radius 2 is 1.23 bits per heavy atom. The second-order valence-corrected chi connectivity index (χ2v) is 3.37. The number of hydrogen-bond donors (Lipinski definition) is 0. The molecule has 15 heteroatoms. The van der Waals surface area contributed by atoms with Gasteiger partial charge in [0.2, 0.25) is 0 Å². The van der Waals surface area contributed by atoms with Gasteiger partial charge in [0, 0.05) is 0 Å². The summed E-state index contributed by atoms with van der Waals surface area (Å²) in [6.45, 7) is 0. The molecule has 0 aliphatic carbocycles. The Kier molecular flexibility index (Phi) is 5.32. The molecule has 0 saturated heterocycles. The second kappa shape index (κ2) is 5.68. The molecule has 0 fully saturated rings. The van der Waals surface area contributed by atoms with Crippen LogP contribution in [0, 0.1) is 0 Å². The molecular weight excluding hydrogens is 357 g/mol. The van der Waals surface area contributed by atoms with Crippen LogP contribution in [-0.2, 0) is 19.2 Å². The molecule has 1 unspecified atom stereocenters. The fraction of sp³-hybridized carbons (Fsp3) is 0.857. The molecule has 0 bridgehead atoms. The van der Waals surface area contributed by atoms with Crippen LogP contribution in [0.1, 0.15) is 0 Å². The van der Waals surface area contributed by atoms with E-state index in [1.807, 2.05) is 0 Å². The maximum absolute atomic E-state index is 13.0. The number of alkyl halides is 10. The molecule has 0 aromatic carbocycles. The highest BCUT2D eigenvalue weighted by Crippen LogP contribution is 2.52. The Bertz CT molecular complexity index is 419. The minimum absolute atomic E-state index is 0.0675. The van der Waals surface area contributed by atoms with Crippen LogP contribution >= 0.6 is 0 Å². The number of halogens is 11. The van der Waals surface area contributed by atoms with Crippen molar-refractivity contribution >= 4 is 5.97 Å². The highest BCUT2D eigenvalue weighted by molar-refractivity contribution is 5.78. The number of esters is 1. The predicted molar refractivity (Wildman–Crippen MR) is 40.0 cm³/mol. The molecule has 0 heterocycles. The van der Waals surface area contributed by atoms with Crippen LogP contribution in [0.4, 0.5) is 48.4 Å². The molecule has 22 heavy (non-hydrogen) atoms. The number of hydrogen-bond acceptors (Lipinski definition) is 4. The zero-order chi connectivity index (χ0) is 18.2. The van der Waals surface area contributed by atoms with Gasteiger partial charge in [-0.3, -0.25) is 4.74 Å². The zero-order valence-corrected chi connectivity index (χ0v) is 9.79. The molecule has 4 nitrogen and oxygen atoms in total. The van der Waals surface area contributed by atoms with Crippen LogP contribution in [0.25, 0.3) is 0 Å². The highest BCUT2D eigenvalue weighted by Gasteiger charge is 2.81. The standard InChI is InChI=1S/C7H3F11O4/c1-20-2(19)3(8,9)6(14,15)21-4(10,5(11,12)13)7(16,17)22-18/h1H3. The quantitative estimate of drug-likeness (QED) is 0.539. The first-order valence-electron chi connectivity index (χ1n) is 4.47. The summed E-state index contributed by atoms with van der Waals surface area (Å²) in [7, 11) is 0.0675. The van der Waals surface area contributed by atoms with Gasteiger partial charge >= 0.3 is 36.1 Å². The van der Waals surface area contributed by atoms with E-state index in [1.165, 1.54) is 4.94 Å². The van der Waals surface area contributed by atoms with Crippen molar-refractivity contribution in [2.75, 3.05) is 7.11 Å². The molecule has 1 atom stereocenters. The van der Waals surface area contributed by atoms with Gasteiger partial charge in [-0.2, -0.15) is 43.9 Å². The van der Waals surface area contributed by atoms with Gasteiger partial charge in [-0.1, -0.05) is 0 Å². The van der Waals surface area contributed by atoms with Gasteiger partial charge in [-0.25, -0.2) is 4.79 Å². The van der Waals surface area contributed by atoms with E-state index in [9.17, 15) is 53.2 Å². The monoisotopic (exact) mass is 360 g/mol. The number of ether oxygens (including phenoxy) is 2. The van der Waals surface area contributed by atoms with E-state index >= 15 is 0 Å². The topological polar surface area (TPSA) is 44.8 Å². The maximum atomic E-state index is 13.0. The van der Waals surface area contributed by atoms with Crippen LogP contribution in [0.2, 0.25) is 0 Å². The van der Waals surface area contributed by atoms with Gasteiger partial charge in [-0.05, 0) is 4.53 Å². The Balaban J connectivity index is 5.94. The second-order valence-electron chi connectivity index (χ2n) is 3.37. The van der Waals surface area contributed by atoms with Crippen molar-refractivity contribution in [2.24, 2.45) is 0 Å². The third-order valence-corrected chi connectivity index (χ3v) is 1.91. The summed E-state index contributed by atoms with van der Waals surface area (Å²) in [6.07, 6.45) is -20.8. The van der Waals surface area contributed by atoms with Gasteiger partial charge in [-0.15, -0.1) is 4.94 Å². The van der Waals surface area contributed by atoms with Gasteiger partial charge in [0.1, 0.15) is 0 Å². The average molecular weight is 360 g/mol. The number of rotatable bonds is 6. The van der Waals surface area contributed by atoms with Crippen LogP contribution < -0.4 is 0 Å². The molecule has 0 aromatic rings. The normalized spacial score (nSPS) is 17.1. The third kappa shape index (κ3) is 3.18. The van der Waals surface area contributed by atoms with Gasteiger partial charge in [0.25, 0.3) is 0 Å². The number of methoxy groups -OCH3 is 1. The first kappa shape index (κ1) is 20.6. The van der Waals surface area contributed by atoms with Crippen LogP contribution in [0.3, 0.4) is 0 Å². The molecule has 0 radical (unpaired) electrons. The fourth-order valence-electron chi connectivity index (χ4n) is 0.820. The largest absolute Gasteiger partial charge is 0.464 e. The van der Waals surface area contributed by atoms with Crippen LogP contribution in [0.5, 0.6) is 0 Å². The zero-order valence-electron chi connectivity index (χ0n) is 9.79. The van der Waals surface area contributed by atoms with E-state index < -0.39 is 36.1 Å². The minimum Gasteiger partial charge on any atom is -0.464 e. The van der Waals surface area contributed by atoms with Crippen LogP contribution in [0.15, 0.2) is 0 Å². The Labute approximate surface area is 112 Å². The summed E-state index contributed by atoms with van der Waals surface area (Å²) in [5, 5.41) is 0. The molecule has 132 valence electrons. The summed E-state index contributed by atoms with van der Waals surface area (Å²) in [5.41, 5.74) is 0. The van der Waals surface area contributed by atoms with Crippen LogP contribution in [-0.4, -0.2) is 43.2 Å². The Morgan fingerprint density at radius 3 is 1.50 bits per heavy atom. The van der Waals surface area contributed by atoms with E-state index in [0.717, 1.165) is 0 Å². The lowest BCUT2D eigenvalue weighted by Gasteiger charge is -2.35. The fourth-order valence-corrected chi connectivity index (χ4v) is 0.820. The molecule has 0 spiro atoms. The highest BCUT2D eigenvalue weighted by atomic mass is 19.4. The van der Waals surface area contributed by atoms with E-state index in [2.05, 4.69) is 4.74 Å². The van der Waals surface area contributed by atoms with Crippen molar-refractivity contribution < 1.29 is 67.6 Å². The van der Waals surface area contributed by atoms with Gasteiger partial charge in [0.15, 0.2) is 0 Å². The molecule has 0 N–H and O–H groups in total. The molecule has 0 saturated carbocycles. The SMILES string of the molecule is COC(=O)C(F)(F)C(F)(F)OC(F)(C(F)(F)F)C(F)(F)OF. The summed E-state index contributed by atoms with van der Waals surface area (Å²) >= 11 is 0. The molecule has 0 aliphatic rings. The maximum Gasteiger partial charge on any atom is 0.458 e. The summed E-state index contributed by atoms with van der Waals surface area (Å²) in [6, 6.07) is 0. The number of carbonyl (C=O) groups is 1. The summed E-state index contributed by atoms with van der Waals surface area (Å²) in [4.78, 5) is 11.5. The number of carbonyl (C=O) groups excluding carboxylic acids is 1. The molecule has 0 aliphatic heterocycles. The van der Waals surface area contributed by atoms with Crippen molar-refractivity contribution in [1.82, 2.24) is 0 Å². The van der Waals surface area contributed by atoms with Crippen molar-refractivity contribution in [3.8, 4) is 0 Å². The molecule has 0 amide bonds. The van der Waals surface area contributed by atoms with Crippen molar-refractivity contribution in [3.05, 3.63) is 0 Å². The average Bonchev–Trinajstić information content (AvgIpc) is 2.35. The van der Waals surface area contributed by atoms with Crippen molar-refractivity contribution in [1.29, 1.82) is 0 Å². The third-order valence-electron chi connectivity index (χ3n) is 1.91. The molecule has 0 rings (SSSR count). The predicted octanol–water partition coefficient (Wildman–Crippen LogP) is 3.13. The lowest BCUT2D eigenvalue weighted by molar-refractivity contribution is -0.538. The Morgan fingerprint density at radius 1 is 0.818 bits per heavy atom. The van der Waals surface area contributed by atoms with E-state index in [-0.39, 0.29) is 7.11 Å². The Hall–Kier alpha value is -1.38. The first-order valence-corrected chi connectivity index (χ1v) is 4.47. The lowest BCUT2D eigenvalue weighted by atomic mass is 10.2. The summed E-state index contributed by atoms with van der Waals surface area (Å²) in [5.74, 6) is -16.6. The minimum atomic E-state index is -7.17. The lowest BCUT2D eigenvalue weighted by Crippen LogP contribution is -2.64. The van der Waals surface area contributed by atoms with Crippen molar-refractivity contribution in [2.45, 2.75) is 30.2 Å². The molecule has 0 aromatic heterocycles.